The van der Waals surface area contributed by atoms with E-state index in [1.165, 1.54) is 11.1 Å². The summed E-state index contributed by atoms with van der Waals surface area (Å²) in [6.45, 7) is 2.68. The molecule has 0 aromatic heterocycles. The summed E-state index contributed by atoms with van der Waals surface area (Å²) in [5, 5.41) is 6.40. The molecule has 2 heterocycles. The lowest BCUT2D eigenvalue weighted by molar-refractivity contribution is -0.134. The molecule has 146 valence electrons. The second-order valence-electron chi connectivity index (χ2n) is 8.00. The van der Waals surface area contributed by atoms with Gasteiger partial charge in [-0.2, -0.15) is 0 Å². The highest BCUT2D eigenvalue weighted by Gasteiger charge is 2.45. The molecule has 2 saturated heterocycles. The van der Waals surface area contributed by atoms with Crippen LogP contribution in [0, 0.1) is 5.41 Å². The van der Waals surface area contributed by atoms with Crippen LogP contribution < -0.4 is 10.6 Å². The zero-order chi connectivity index (χ0) is 19.4. The third kappa shape index (κ3) is 4.09. The van der Waals surface area contributed by atoms with Crippen molar-refractivity contribution in [3.05, 3.63) is 71.8 Å². The molecule has 0 aliphatic carbocycles. The number of carbonyl (C=O) groups is 2. The van der Waals surface area contributed by atoms with Crippen molar-refractivity contribution in [1.29, 1.82) is 0 Å². The molecule has 28 heavy (non-hydrogen) atoms. The predicted molar refractivity (Wildman–Crippen MR) is 109 cm³/mol. The zero-order valence-electron chi connectivity index (χ0n) is 16.1. The lowest BCUT2D eigenvalue weighted by Gasteiger charge is -2.41. The number of hydrogen-bond acceptors (Lipinski definition) is 3. The summed E-state index contributed by atoms with van der Waals surface area (Å²) >= 11 is 0. The Morgan fingerprint density at radius 3 is 2.29 bits per heavy atom. The van der Waals surface area contributed by atoms with Gasteiger partial charge in [0.2, 0.25) is 11.8 Å². The van der Waals surface area contributed by atoms with Crippen molar-refractivity contribution in [3.63, 3.8) is 0 Å². The fraction of sp³-hybridized carbons (Fsp3) is 0.391. The molecule has 2 aliphatic heterocycles. The fourth-order valence-corrected chi connectivity index (χ4v) is 4.11. The van der Waals surface area contributed by atoms with Crippen LogP contribution in [0.2, 0.25) is 0 Å². The number of likely N-dealkylation sites (tertiary alicyclic amines) is 1. The van der Waals surface area contributed by atoms with E-state index in [1.807, 2.05) is 41.3 Å². The van der Waals surface area contributed by atoms with Crippen LogP contribution >= 0.6 is 0 Å². The van der Waals surface area contributed by atoms with Crippen LogP contribution in [-0.2, 0) is 22.4 Å². The van der Waals surface area contributed by atoms with Crippen LogP contribution in [0.4, 0.5) is 0 Å². The molecule has 1 atom stereocenters. The van der Waals surface area contributed by atoms with Gasteiger partial charge in [0.25, 0.3) is 0 Å². The van der Waals surface area contributed by atoms with E-state index in [0.29, 0.717) is 32.6 Å². The smallest absolute Gasteiger partial charge is 0.229 e. The normalized spacial score (nSPS) is 20.6. The maximum atomic E-state index is 13.0. The first-order valence-electron chi connectivity index (χ1n) is 10.0. The number of benzene rings is 2. The van der Waals surface area contributed by atoms with Crippen LogP contribution in [0.25, 0.3) is 0 Å². The molecular weight excluding hydrogens is 350 g/mol. The van der Waals surface area contributed by atoms with E-state index in [2.05, 4.69) is 34.9 Å². The number of carbonyl (C=O) groups excluding carboxylic acids is 2. The summed E-state index contributed by atoms with van der Waals surface area (Å²) in [5.74, 6) is 0.197. The van der Waals surface area contributed by atoms with E-state index < -0.39 is 5.41 Å². The van der Waals surface area contributed by atoms with Crippen LogP contribution in [0.3, 0.4) is 0 Å². The molecule has 4 rings (SSSR count). The quantitative estimate of drug-likeness (QED) is 0.773. The van der Waals surface area contributed by atoms with Gasteiger partial charge < -0.3 is 15.5 Å². The largest absolute Gasteiger partial charge is 0.350 e. The summed E-state index contributed by atoms with van der Waals surface area (Å²) in [6.07, 6.45) is 1.97. The standard InChI is InChI=1S/C23H27N3O2/c27-21-13-20(15-26(21)12-11-18-7-3-1-4-8-18)25-22(28)23(16-24-17-23)14-19-9-5-2-6-10-19/h1-10,20,24H,11-17H2,(H,25,28). The van der Waals surface area contributed by atoms with Gasteiger partial charge in [-0.1, -0.05) is 60.7 Å². The Labute approximate surface area is 166 Å². The third-order valence-corrected chi connectivity index (χ3v) is 5.86. The van der Waals surface area contributed by atoms with Crippen molar-refractivity contribution in [2.45, 2.75) is 25.3 Å². The van der Waals surface area contributed by atoms with E-state index in [1.54, 1.807) is 0 Å². The molecule has 5 heteroatoms. The van der Waals surface area contributed by atoms with Crippen LogP contribution in [0.5, 0.6) is 0 Å². The van der Waals surface area contributed by atoms with Crippen molar-refractivity contribution in [2.24, 2.45) is 5.41 Å². The Hall–Kier alpha value is -2.66. The fourth-order valence-electron chi connectivity index (χ4n) is 4.11. The van der Waals surface area contributed by atoms with Crippen molar-refractivity contribution >= 4 is 11.8 Å². The number of hydrogen-bond donors (Lipinski definition) is 2. The average Bonchev–Trinajstić information content (AvgIpc) is 3.03. The molecule has 2 amide bonds. The maximum Gasteiger partial charge on any atom is 0.229 e. The van der Waals surface area contributed by atoms with Crippen molar-refractivity contribution in [1.82, 2.24) is 15.5 Å². The second-order valence-corrected chi connectivity index (χ2v) is 8.00. The molecule has 2 N–H and O–H groups in total. The molecule has 1 unspecified atom stereocenters. The minimum absolute atomic E-state index is 0.0674. The number of nitrogens with zero attached hydrogens (tertiary/aromatic N) is 1. The molecule has 0 radical (unpaired) electrons. The van der Waals surface area contributed by atoms with Crippen LogP contribution in [0.15, 0.2) is 60.7 Å². The van der Waals surface area contributed by atoms with Gasteiger partial charge in [0.05, 0.1) is 11.5 Å². The van der Waals surface area contributed by atoms with Gasteiger partial charge in [0.1, 0.15) is 0 Å². The lowest BCUT2D eigenvalue weighted by atomic mass is 9.75. The highest BCUT2D eigenvalue weighted by molar-refractivity contribution is 5.87. The van der Waals surface area contributed by atoms with Gasteiger partial charge in [-0.05, 0) is 24.0 Å². The minimum Gasteiger partial charge on any atom is -0.350 e. The highest BCUT2D eigenvalue weighted by atomic mass is 16.2. The predicted octanol–water partition coefficient (Wildman–Crippen LogP) is 1.78. The van der Waals surface area contributed by atoms with Gasteiger partial charge in [-0.15, -0.1) is 0 Å². The summed E-state index contributed by atoms with van der Waals surface area (Å²) in [6, 6.07) is 20.2. The number of nitrogens with one attached hydrogen (secondary N) is 2. The molecule has 2 aliphatic rings. The van der Waals surface area contributed by atoms with E-state index in [0.717, 1.165) is 12.8 Å². The minimum atomic E-state index is -0.401. The molecule has 2 fully saturated rings. The summed E-state index contributed by atoms with van der Waals surface area (Å²) in [4.78, 5) is 27.3. The van der Waals surface area contributed by atoms with Gasteiger partial charge in [-0.25, -0.2) is 0 Å². The van der Waals surface area contributed by atoms with E-state index in [9.17, 15) is 9.59 Å². The Morgan fingerprint density at radius 2 is 1.68 bits per heavy atom. The SMILES string of the molecule is O=C1CC(NC(=O)C2(Cc3ccccc3)CNC2)CN1CCc1ccccc1. The Balaban J connectivity index is 1.32. The maximum absolute atomic E-state index is 13.0. The lowest BCUT2D eigenvalue weighted by Crippen LogP contribution is -2.63. The van der Waals surface area contributed by atoms with E-state index in [4.69, 9.17) is 0 Å². The summed E-state index contributed by atoms with van der Waals surface area (Å²) < 4.78 is 0. The van der Waals surface area contributed by atoms with E-state index in [-0.39, 0.29) is 17.9 Å². The molecule has 5 nitrogen and oxygen atoms in total. The molecule has 2 aromatic carbocycles. The molecular formula is C23H27N3O2. The van der Waals surface area contributed by atoms with Gasteiger partial charge in [0.15, 0.2) is 0 Å². The highest BCUT2D eigenvalue weighted by Crippen LogP contribution is 2.29. The van der Waals surface area contributed by atoms with Crippen molar-refractivity contribution in [3.8, 4) is 0 Å². The summed E-state index contributed by atoms with van der Waals surface area (Å²) in [5.41, 5.74) is 2.00. The number of amides is 2. The van der Waals surface area contributed by atoms with Gasteiger partial charge in [-0.3, -0.25) is 9.59 Å². The van der Waals surface area contributed by atoms with Crippen LogP contribution in [-0.4, -0.2) is 48.9 Å². The topological polar surface area (TPSA) is 61.4 Å². The zero-order valence-corrected chi connectivity index (χ0v) is 16.1. The Morgan fingerprint density at radius 1 is 1.04 bits per heavy atom. The van der Waals surface area contributed by atoms with Crippen LogP contribution in [0.1, 0.15) is 17.5 Å². The summed E-state index contributed by atoms with van der Waals surface area (Å²) in [7, 11) is 0. The second kappa shape index (κ2) is 8.15. The van der Waals surface area contributed by atoms with Gasteiger partial charge in [0, 0.05) is 32.6 Å². The van der Waals surface area contributed by atoms with Gasteiger partial charge >= 0.3 is 0 Å². The van der Waals surface area contributed by atoms with Crippen molar-refractivity contribution in [2.75, 3.05) is 26.2 Å². The Bertz CT molecular complexity index is 818. The number of rotatable bonds is 7. The molecule has 0 spiro atoms. The molecule has 2 aromatic rings. The first-order valence-corrected chi connectivity index (χ1v) is 10.0. The first-order chi connectivity index (χ1) is 13.6. The van der Waals surface area contributed by atoms with Crippen molar-refractivity contribution < 1.29 is 9.59 Å². The first kappa shape index (κ1) is 18.7. The molecule has 0 saturated carbocycles. The van der Waals surface area contributed by atoms with E-state index >= 15 is 0 Å². The Kier molecular flexibility index (Phi) is 5.44. The molecule has 0 bridgehead atoms. The average molecular weight is 377 g/mol. The third-order valence-electron chi connectivity index (χ3n) is 5.86. The monoisotopic (exact) mass is 377 g/mol.